The summed E-state index contributed by atoms with van der Waals surface area (Å²) in [5.41, 5.74) is 0.493. The number of hydrogen-bond acceptors (Lipinski definition) is 3. The van der Waals surface area contributed by atoms with Crippen molar-refractivity contribution in [2.75, 3.05) is 25.0 Å². The zero-order valence-corrected chi connectivity index (χ0v) is 11.3. The van der Waals surface area contributed by atoms with Gasteiger partial charge < -0.3 is 15.0 Å². The van der Waals surface area contributed by atoms with Gasteiger partial charge in [0.15, 0.2) is 0 Å². The van der Waals surface area contributed by atoms with E-state index in [2.05, 4.69) is 5.32 Å². The SMILES string of the molecule is CCN1CCO[C@@H](CC(=O)Nc2ccc(F)cc2)C1=O. The lowest BCUT2D eigenvalue weighted by molar-refractivity contribution is -0.154. The highest BCUT2D eigenvalue weighted by molar-refractivity contribution is 5.95. The quantitative estimate of drug-likeness (QED) is 0.907. The van der Waals surface area contributed by atoms with E-state index in [1.54, 1.807) is 4.90 Å². The van der Waals surface area contributed by atoms with E-state index in [0.29, 0.717) is 25.4 Å². The third-order valence-electron chi connectivity index (χ3n) is 3.15. The number of likely N-dealkylation sites (N-methyl/N-ethyl adjacent to an activating group) is 1. The molecule has 1 aromatic carbocycles. The zero-order chi connectivity index (χ0) is 14.5. The average molecular weight is 280 g/mol. The first-order valence-corrected chi connectivity index (χ1v) is 6.56. The van der Waals surface area contributed by atoms with Crippen LogP contribution in [-0.4, -0.2) is 42.5 Å². The van der Waals surface area contributed by atoms with Gasteiger partial charge in [0, 0.05) is 18.8 Å². The van der Waals surface area contributed by atoms with Crippen LogP contribution in [0.5, 0.6) is 0 Å². The number of carbonyl (C=O) groups excluding carboxylic acids is 2. The third-order valence-corrected chi connectivity index (χ3v) is 3.15. The molecule has 0 aromatic heterocycles. The molecule has 0 saturated carbocycles. The Bertz CT molecular complexity index is 490. The van der Waals surface area contributed by atoms with Crippen LogP contribution < -0.4 is 5.32 Å². The summed E-state index contributed by atoms with van der Waals surface area (Å²) in [5, 5.41) is 2.61. The number of carbonyl (C=O) groups is 2. The van der Waals surface area contributed by atoms with E-state index < -0.39 is 6.10 Å². The number of anilines is 1. The number of nitrogens with one attached hydrogen (secondary N) is 1. The first kappa shape index (κ1) is 14.5. The molecule has 0 aliphatic carbocycles. The number of nitrogens with zero attached hydrogens (tertiary/aromatic N) is 1. The normalized spacial score (nSPS) is 19.0. The Hall–Kier alpha value is -1.95. The number of hydrogen-bond donors (Lipinski definition) is 1. The van der Waals surface area contributed by atoms with Crippen LogP contribution in [0.1, 0.15) is 13.3 Å². The Labute approximate surface area is 116 Å². The van der Waals surface area contributed by atoms with Crippen LogP contribution in [0.3, 0.4) is 0 Å². The summed E-state index contributed by atoms with van der Waals surface area (Å²) in [6.45, 7) is 3.50. The molecule has 1 heterocycles. The molecule has 108 valence electrons. The fourth-order valence-corrected chi connectivity index (χ4v) is 2.06. The minimum atomic E-state index is -0.732. The van der Waals surface area contributed by atoms with Gasteiger partial charge in [-0.3, -0.25) is 9.59 Å². The van der Waals surface area contributed by atoms with Gasteiger partial charge in [0.1, 0.15) is 11.9 Å². The molecule has 1 saturated heterocycles. The van der Waals surface area contributed by atoms with Crippen molar-refractivity contribution in [3.8, 4) is 0 Å². The van der Waals surface area contributed by atoms with Gasteiger partial charge in [-0.15, -0.1) is 0 Å². The van der Waals surface area contributed by atoms with Gasteiger partial charge in [-0.25, -0.2) is 4.39 Å². The summed E-state index contributed by atoms with van der Waals surface area (Å²) in [6, 6.07) is 5.46. The third kappa shape index (κ3) is 3.54. The number of halogens is 1. The molecule has 0 bridgehead atoms. The number of rotatable bonds is 4. The van der Waals surface area contributed by atoms with Crippen molar-refractivity contribution in [2.45, 2.75) is 19.4 Å². The molecule has 1 N–H and O–H groups in total. The second kappa shape index (κ2) is 6.47. The van der Waals surface area contributed by atoms with Gasteiger partial charge in [0.25, 0.3) is 5.91 Å². The van der Waals surface area contributed by atoms with Crippen molar-refractivity contribution < 1.29 is 18.7 Å². The fourth-order valence-electron chi connectivity index (χ4n) is 2.06. The Balaban J connectivity index is 1.90. The average Bonchev–Trinajstić information content (AvgIpc) is 2.44. The first-order valence-electron chi connectivity index (χ1n) is 6.56. The van der Waals surface area contributed by atoms with Crippen LogP contribution in [0.4, 0.5) is 10.1 Å². The van der Waals surface area contributed by atoms with Crippen molar-refractivity contribution in [1.29, 1.82) is 0 Å². The molecule has 0 spiro atoms. The van der Waals surface area contributed by atoms with E-state index in [-0.39, 0.29) is 24.1 Å². The number of amides is 2. The smallest absolute Gasteiger partial charge is 0.252 e. The largest absolute Gasteiger partial charge is 0.366 e. The topological polar surface area (TPSA) is 58.6 Å². The monoisotopic (exact) mass is 280 g/mol. The molecule has 1 aromatic rings. The molecule has 2 amide bonds. The van der Waals surface area contributed by atoms with Crippen LogP contribution in [0, 0.1) is 5.82 Å². The van der Waals surface area contributed by atoms with Crippen LogP contribution in [-0.2, 0) is 14.3 Å². The van der Waals surface area contributed by atoms with Crippen molar-refractivity contribution in [1.82, 2.24) is 4.90 Å². The molecule has 0 radical (unpaired) electrons. The maximum atomic E-state index is 12.7. The highest BCUT2D eigenvalue weighted by Gasteiger charge is 2.30. The first-order chi connectivity index (χ1) is 9.60. The molecule has 20 heavy (non-hydrogen) atoms. The van der Waals surface area contributed by atoms with Gasteiger partial charge in [-0.1, -0.05) is 0 Å². The summed E-state index contributed by atoms with van der Waals surface area (Å²) in [4.78, 5) is 25.5. The molecule has 1 atom stereocenters. The molecule has 5 nitrogen and oxygen atoms in total. The van der Waals surface area contributed by atoms with Crippen molar-refractivity contribution >= 4 is 17.5 Å². The summed E-state index contributed by atoms with van der Waals surface area (Å²) < 4.78 is 18.1. The van der Waals surface area contributed by atoms with E-state index >= 15 is 0 Å². The highest BCUT2D eigenvalue weighted by Crippen LogP contribution is 2.13. The summed E-state index contributed by atoms with van der Waals surface area (Å²) in [6.07, 6.45) is -0.767. The van der Waals surface area contributed by atoms with Gasteiger partial charge in [0.05, 0.1) is 13.0 Å². The van der Waals surface area contributed by atoms with E-state index in [4.69, 9.17) is 4.74 Å². The Kier molecular flexibility index (Phi) is 4.68. The Morgan fingerprint density at radius 1 is 1.45 bits per heavy atom. The van der Waals surface area contributed by atoms with Gasteiger partial charge >= 0.3 is 0 Å². The minimum absolute atomic E-state index is 0.0350. The van der Waals surface area contributed by atoms with Crippen molar-refractivity contribution in [2.24, 2.45) is 0 Å². The van der Waals surface area contributed by atoms with Crippen LogP contribution >= 0.6 is 0 Å². The Morgan fingerprint density at radius 2 is 2.15 bits per heavy atom. The number of ether oxygens (including phenoxy) is 1. The zero-order valence-electron chi connectivity index (χ0n) is 11.3. The van der Waals surface area contributed by atoms with E-state index in [1.165, 1.54) is 24.3 Å². The lowest BCUT2D eigenvalue weighted by Gasteiger charge is -2.31. The number of benzene rings is 1. The minimum Gasteiger partial charge on any atom is -0.366 e. The molecule has 2 rings (SSSR count). The Morgan fingerprint density at radius 3 is 2.80 bits per heavy atom. The number of morpholine rings is 1. The lowest BCUT2D eigenvalue weighted by Crippen LogP contribution is -2.48. The van der Waals surface area contributed by atoms with Crippen molar-refractivity contribution in [3.63, 3.8) is 0 Å². The maximum Gasteiger partial charge on any atom is 0.252 e. The molecule has 1 aliphatic heterocycles. The van der Waals surface area contributed by atoms with Crippen molar-refractivity contribution in [3.05, 3.63) is 30.1 Å². The molecule has 1 aliphatic rings. The summed E-state index contributed by atoms with van der Waals surface area (Å²) >= 11 is 0. The summed E-state index contributed by atoms with van der Waals surface area (Å²) in [7, 11) is 0. The van der Waals surface area contributed by atoms with Crippen LogP contribution in [0.15, 0.2) is 24.3 Å². The van der Waals surface area contributed by atoms with E-state index in [9.17, 15) is 14.0 Å². The molecule has 6 heteroatoms. The summed E-state index contributed by atoms with van der Waals surface area (Å²) in [5.74, 6) is -0.853. The fraction of sp³-hybridized carbons (Fsp3) is 0.429. The van der Waals surface area contributed by atoms with Crippen LogP contribution in [0.25, 0.3) is 0 Å². The van der Waals surface area contributed by atoms with E-state index in [1.807, 2.05) is 6.92 Å². The molecular weight excluding hydrogens is 263 g/mol. The second-order valence-electron chi connectivity index (χ2n) is 4.54. The highest BCUT2D eigenvalue weighted by atomic mass is 19.1. The van der Waals surface area contributed by atoms with E-state index in [0.717, 1.165) is 0 Å². The maximum absolute atomic E-state index is 12.7. The predicted molar refractivity (Wildman–Crippen MR) is 71.6 cm³/mol. The van der Waals surface area contributed by atoms with Gasteiger partial charge in [0.2, 0.25) is 5.91 Å². The van der Waals surface area contributed by atoms with Crippen LogP contribution in [0.2, 0.25) is 0 Å². The molecule has 0 unspecified atom stereocenters. The standard InChI is InChI=1S/C14H17FN2O3/c1-2-17-7-8-20-12(14(17)19)9-13(18)16-11-5-3-10(15)4-6-11/h3-6,12H,2,7-9H2,1H3,(H,16,18)/t12-/m0/s1. The second-order valence-corrected chi connectivity index (χ2v) is 4.54. The molecular formula is C14H17FN2O3. The van der Waals surface area contributed by atoms with Gasteiger partial charge in [-0.05, 0) is 31.2 Å². The predicted octanol–water partition coefficient (Wildman–Crippen LogP) is 1.40. The lowest BCUT2D eigenvalue weighted by atomic mass is 10.1. The van der Waals surface area contributed by atoms with Gasteiger partial charge in [-0.2, -0.15) is 0 Å². The molecule has 1 fully saturated rings.